The van der Waals surface area contributed by atoms with Crippen molar-refractivity contribution in [2.24, 2.45) is 0 Å². The van der Waals surface area contributed by atoms with Gasteiger partial charge in [-0.1, -0.05) is 23.7 Å². The van der Waals surface area contributed by atoms with E-state index in [0.717, 1.165) is 23.7 Å². The van der Waals surface area contributed by atoms with E-state index in [9.17, 15) is 0 Å². The minimum Gasteiger partial charge on any atom is -0.306 e. The number of hydrogen-bond acceptors (Lipinski definition) is 2. The van der Waals surface area contributed by atoms with Crippen molar-refractivity contribution < 1.29 is 0 Å². The van der Waals surface area contributed by atoms with Crippen molar-refractivity contribution in [3.8, 4) is 0 Å². The zero-order valence-electron chi connectivity index (χ0n) is 11.7. The lowest BCUT2D eigenvalue weighted by Crippen LogP contribution is -2.35. The smallest absolute Gasteiger partial charge is 0.0663 e. The predicted octanol–water partition coefficient (Wildman–Crippen LogP) is 3.47. The molecule has 0 bridgehead atoms. The first-order chi connectivity index (χ1) is 8.94. The Kier molecular flexibility index (Phi) is 4.27. The minimum atomic E-state index is 0.102. The quantitative estimate of drug-likeness (QED) is 0.927. The molecule has 0 spiro atoms. The summed E-state index contributed by atoms with van der Waals surface area (Å²) in [5.74, 6) is 0. The van der Waals surface area contributed by atoms with Crippen LogP contribution < -0.4 is 5.32 Å². The van der Waals surface area contributed by atoms with Crippen LogP contribution in [0.5, 0.6) is 0 Å². The normalized spacial score (nSPS) is 11.8. The maximum absolute atomic E-state index is 6.00. The molecule has 0 unspecified atom stereocenters. The molecular weight excluding hydrogens is 258 g/mol. The number of halogens is 1. The van der Waals surface area contributed by atoms with Crippen LogP contribution in [0.25, 0.3) is 0 Å². The summed E-state index contributed by atoms with van der Waals surface area (Å²) < 4.78 is 2.00. The van der Waals surface area contributed by atoms with E-state index in [1.807, 2.05) is 35.1 Å². The lowest BCUT2D eigenvalue weighted by molar-refractivity contribution is 0.414. The van der Waals surface area contributed by atoms with E-state index in [-0.39, 0.29) is 5.54 Å². The van der Waals surface area contributed by atoms with E-state index in [1.54, 1.807) is 0 Å². The van der Waals surface area contributed by atoms with Crippen LogP contribution in [0.2, 0.25) is 5.02 Å². The summed E-state index contributed by atoms with van der Waals surface area (Å²) in [6.45, 7) is 8.03. The molecule has 0 saturated carbocycles. The van der Waals surface area contributed by atoms with E-state index >= 15 is 0 Å². The van der Waals surface area contributed by atoms with Crippen LogP contribution in [0.4, 0.5) is 0 Å². The highest BCUT2D eigenvalue weighted by Crippen LogP contribution is 2.13. The molecule has 0 amide bonds. The van der Waals surface area contributed by atoms with Gasteiger partial charge in [0.2, 0.25) is 0 Å². The average molecular weight is 278 g/mol. The van der Waals surface area contributed by atoms with Crippen molar-refractivity contribution in [1.29, 1.82) is 0 Å². The zero-order valence-corrected chi connectivity index (χ0v) is 12.4. The third-order valence-electron chi connectivity index (χ3n) is 2.83. The highest BCUT2D eigenvalue weighted by molar-refractivity contribution is 6.30. The Bertz CT molecular complexity index is 540. The molecular formula is C15H20ClN3. The molecule has 1 N–H and O–H groups in total. The molecule has 0 fully saturated rings. The van der Waals surface area contributed by atoms with Crippen LogP contribution in [-0.2, 0) is 13.1 Å². The molecule has 2 rings (SSSR count). The van der Waals surface area contributed by atoms with Gasteiger partial charge in [0.05, 0.1) is 12.2 Å². The summed E-state index contributed by atoms with van der Waals surface area (Å²) in [6.07, 6.45) is 1.84. The van der Waals surface area contributed by atoms with Gasteiger partial charge in [-0.3, -0.25) is 4.68 Å². The Morgan fingerprint density at radius 1 is 1.26 bits per heavy atom. The van der Waals surface area contributed by atoms with Crippen LogP contribution in [0.1, 0.15) is 32.0 Å². The van der Waals surface area contributed by atoms with Crippen LogP contribution >= 0.6 is 11.6 Å². The lowest BCUT2D eigenvalue weighted by Gasteiger charge is -2.20. The lowest BCUT2D eigenvalue weighted by atomic mass is 10.1. The van der Waals surface area contributed by atoms with Gasteiger partial charge in [0.25, 0.3) is 0 Å². The van der Waals surface area contributed by atoms with Gasteiger partial charge in [-0.05, 0) is 44.5 Å². The van der Waals surface area contributed by atoms with Crippen molar-refractivity contribution in [1.82, 2.24) is 15.1 Å². The van der Waals surface area contributed by atoms with Crippen LogP contribution in [-0.4, -0.2) is 15.3 Å². The Labute approximate surface area is 119 Å². The maximum atomic E-state index is 6.00. The van der Waals surface area contributed by atoms with Gasteiger partial charge >= 0.3 is 0 Å². The largest absolute Gasteiger partial charge is 0.306 e. The molecule has 19 heavy (non-hydrogen) atoms. The molecule has 3 nitrogen and oxygen atoms in total. The van der Waals surface area contributed by atoms with E-state index < -0.39 is 0 Å². The molecule has 2 aromatic rings. The van der Waals surface area contributed by atoms with E-state index in [0.29, 0.717) is 0 Å². The van der Waals surface area contributed by atoms with E-state index in [1.165, 1.54) is 5.69 Å². The summed E-state index contributed by atoms with van der Waals surface area (Å²) >= 11 is 6.00. The zero-order chi connectivity index (χ0) is 13.9. The van der Waals surface area contributed by atoms with Gasteiger partial charge in [0.15, 0.2) is 0 Å². The third kappa shape index (κ3) is 4.37. The fourth-order valence-electron chi connectivity index (χ4n) is 1.82. The molecule has 102 valence electrons. The van der Waals surface area contributed by atoms with Gasteiger partial charge in [0, 0.05) is 23.3 Å². The minimum absolute atomic E-state index is 0.102. The van der Waals surface area contributed by atoms with Crippen molar-refractivity contribution in [2.75, 3.05) is 0 Å². The Morgan fingerprint density at radius 2 is 2.05 bits per heavy atom. The first kappa shape index (κ1) is 14.1. The van der Waals surface area contributed by atoms with Gasteiger partial charge in [-0.25, -0.2) is 0 Å². The Balaban J connectivity index is 2.07. The topological polar surface area (TPSA) is 29.9 Å². The number of benzene rings is 1. The van der Waals surface area contributed by atoms with E-state index in [4.69, 9.17) is 11.6 Å². The first-order valence-electron chi connectivity index (χ1n) is 6.44. The number of aromatic nitrogens is 2. The van der Waals surface area contributed by atoms with Gasteiger partial charge in [0.1, 0.15) is 0 Å². The van der Waals surface area contributed by atoms with Crippen molar-refractivity contribution in [2.45, 2.75) is 39.4 Å². The molecule has 0 atom stereocenters. The van der Waals surface area contributed by atoms with Crippen molar-refractivity contribution in [3.63, 3.8) is 0 Å². The number of nitrogens with zero attached hydrogens (tertiary/aromatic N) is 2. The monoisotopic (exact) mass is 277 g/mol. The molecule has 0 radical (unpaired) electrons. The molecule has 0 saturated heterocycles. The maximum Gasteiger partial charge on any atom is 0.0663 e. The molecule has 4 heteroatoms. The summed E-state index contributed by atoms with van der Waals surface area (Å²) in [7, 11) is 0. The highest BCUT2D eigenvalue weighted by atomic mass is 35.5. The molecule has 0 aliphatic carbocycles. The third-order valence-corrected chi connectivity index (χ3v) is 3.06. The summed E-state index contributed by atoms with van der Waals surface area (Å²) in [5.41, 5.74) is 2.44. The second-order valence-electron chi connectivity index (χ2n) is 5.71. The fraction of sp³-hybridized carbons (Fsp3) is 0.400. The second kappa shape index (κ2) is 5.76. The van der Waals surface area contributed by atoms with Crippen LogP contribution in [0, 0.1) is 0 Å². The number of nitrogens with one attached hydrogen (secondary N) is 1. The molecule has 0 aliphatic heterocycles. The average Bonchev–Trinajstić information content (AvgIpc) is 2.73. The Hall–Kier alpha value is -1.32. The van der Waals surface area contributed by atoms with Gasteiger partial charge in [-0.15, -0.1) is 0 Å². The van der Waals surface area contributed by atoms with E-state index in [2.05, 4.69) is 37.3 Å². The SMILES string of the molecule is CC(C)(C)NCc1ccnn1Cc1cccc(Cl)c1. The van der Waals surface area contributed by atoms with Crippen LogP contribution in [0.15, 0.2) is 36.5 Å². The van der Waals surface area contributed by atoms with Gasteiger partial charge in [-0.2, -0.15) is 5.10 Å². The fourth-order valence-corrected chi connectivity index (χ4v) is 2.03. The Morgan fingerprint density at radius 3 is 2.74 bits per heavy atom. The highest BCUT2D eigenvalue weighted by Gasteiger charge is 2.10. The molecule has 1 heterocycles. The molecule has 0 aliphatic rings. The number of hydrogen-bond donors (Lipinski definition) is 1. The van der Waals surface area contributed by atoms with Crippen LogP contribution in [0.3, 0.4) is 0 Å². The molecule has 1 aromatic heterocycles. The summed E-state index contributed by atoms with van der Waals surface area (Å²) in [6, 6.07) is 9.94. The summed E-state index contributed by atoms with van der Waals surface area (Å²) in [4.78, 5) is 0. The van der Waals surface area contributed by atoms with Crippen molar-refractivity contribution in [3.05, 3.63) is 52.8 Å². The van der Waals surface area contributed by atoms with Gasteiger partial charge < -0.3 is 5.32 Å². The predicted molar refractivity (Wildman–Crippen MR) is 79.4 cm³/mol. The summed E-state index contributed by atoms with van der Waals surface area (Å²) in [5, 5.41) is 8.61. The molecule has 1 aromatic carbocycles. The second-order valence-corrected chi connectivity index (χ2v) is 6.15. The first-order valence-corrected chi connectivity index (χ1v) is 6.82. The van der Waals surface area contributed by atoms with Crippen molar-refractivity contribution >= 4 is 11.6 Å². The number of rotatable bonds is 4. The standard InChI is InChI=1S/C15H20ClN3/c1-15(2,3)17-10-14-7-8-18-19(14)11-12-5-4-6-13(16)9-12/h4-9,17H,10-11H2,1-3H3.